The highest BCUT2D eigenvalue weighted by atomic mass is 19.2. The van der Waals surface area contributed by atoms with E-state index in [9.17, 15) is 13.6 Å². The minimum atomic E-state index is -0.911. The number of benzene rings is 1. The summed E-state index contributed by atoms with van der Waals surface area (Å²) < 4.78 is 26.1. The van der Waals surface area contributed by atoms with Crippen LogP contribution in [0.25, 0.3) is 0 Å². The number of amides is 1. The number of halogens is 2. The third-order valence-electron chi connectivity index (χ3n) is 3.25. The third-order valence-corrected chi connectivity index (χ3v) is 3.25. The summed E-state index contributed by atoms with van der Waals surface area (Å²) in [6, 6.07) is 3.00. The van der Waals surface area contributed by atoms with Crippen molar-refractivity contribution in [1.82, 2.24) is 4.90 Å². The maximum absolute atomic E-state index is 13.2. The predicted octanol–water partition coefficient (Wildman–Crippen LogP) is 2.69. The zero-order valence-corrected chi connectivity index (χ0v) is 12.4. The SMILES string of the molecule is CCN(Cc1ccc(F)c(F)c1)C(=O)[C@H](N)C(C)(C)C. The molecule has 112 valence electrons. The van der Waals surface area contributed by atoms with Crippen LogP contribution < -0.4 is 5.73 Å². The zero-order chi connectivity index (χ0) is 15.5. The molecule has 0 unspecified atom stereocenters. The average Bonchev–Trinajstić information content (AvgIpc) is 2.37. The van der Waals surface area contributed by atoms with Gasteiger partial charge in [0.25, 0.3) is 0 Å². The Kier molecular flexibility index (Phi) is 5.22. The lowest BCUT2D eigenvalue weighted by Gasteiger charge is -2.31. The van der Waals surface area contributed by atoms with Gasteiger partial charge in [0.15, 0.2) is 11.6 Å². The van der Waals surface area contributed by atoms with Gasteiger partial charge in [0.05, 0.1) is 6.04 Å². The van der Waals surface area contributed by atoms with Crippen molar-refractivity contribution in [2.24, 2.45) is 11.1 Å². The van der Waals surface area contributed by atoms with Crippen LogP contribution in [0.4, 0.5) is 8.78 Å². The standard InChI is InChI=1S/C15H22F2N2O/c1-5-19(14(20)13(18)15(2,3)4)9-10-6-7-11(16)12(17)8-10/h6-8,13H,5,9,18H2,1-4H3/t13-/m0/s1. The van der Waals surface area contributed by atoms with Crippen molar-refractivity contribution in [1.29, 1.82) is 0 Å². The number of likely N-dealkylation sites (N-methyl/N-ethyl adjacent to an activating group) is 1. The summed E-state index contributed by atoms with van der Waals surface area (Å²) in [4.78, 5) is 13.9. The van der Waals surface area contributed by atoms with E-state index in [0.29, 0.717) is 12.1 Å². The molecule has 1 aromatic rings. The topological polar surface area (TPSA) is 46.3 Å². The molecule has 5 heteroatoms. The van der Waals surface area contributed by atoms with Gasteiger partial charge in [-0.25, -0.2) is 8.78 Å². The average molecular weight is 284 g/mol. The highest BCUT2D eigenvalue weighted by molar-refractivity contribution is 5.82. The Bertz CT molecular complexity index is 483. The Balaban J connectivity index is 2.86. The van der Waals surface area contributed by atoms with Gasteiger partial charge in [-0.3, -0.25) is 4.79 Å². The minimum Gasteiger partial charge on any atom is -0.337 e. The molecule has 1 rings (SSSR count). The normalized spacial score (nSPS) is 13.2. The molecular formula is C15H22F2N2O. The molecule has 1 atom stereocenters. The van der Waals surface area contributed by atoms with E-state index in [4.69, 9.17) is 5.73 Å². The molecule has 1 aromatic carbocycles. The van der Waals surface area contributed by atoms with Crippen LogP contribution in [0, 0.1) is 17.0 Å². The molecule has 0 aliphatic carbocycles. The molecular weight excluding hydrogens is 262 g/mol. The molecule has 0 bridgehead atoms. The Morgan fingerprint density at radius 1 is 1.30 bits per heavy atom. The van der Waals surface area contributed by atoms with Gasteiger partial charge in [0.2, 0.25) is 5.91 Å². The first-order valence-electron chi connectivity index (χ1n) is 6.65. The molecule has 0 saturated heterocycles. The molecule has 3 nitrogen and oxygen atoms in total. The molecule has 0 radical (unpaired) electrons. The number of carbonyl (C=O) groups excluding carboxylic acids is 1. The van der Waals surface area contributed by atoms with E-state index in [-0.39, 0.29) is 17.9 Å². The van der Waals surface area contributed by atoms with Gasteiger partial charge in [-0.2, -0.15) is 0 Å². The maximum atomic E-state index is 13.2. The van der Waals surface area contributed by atoms with Crippen molar-refractivity contribution >= 4 is 5.91 Å². The monoisotopic (exact) mass is 284 g/mol. The smallest absolute Gasteiger partial charge is 0.240 e. The number of hydrogen-bond acceptors (Lipinski definition) is 2. The van der Waals surface area contributed by atoms with Gasteiger partial charge in [0.1, 0.15) is 0 Å². The second-order valence-electron chi connectivity index (χ2n) is 5.94. The first-order chi connectivity index (χ1) is 9.16. The number of nitrogens with zero attached hydrogens (tertiary/aromatic N) is 1. The summed E-state index contributed by atoms with van der Waals surface area (Å²) in [5.74, 6) is -2.00. The van der Waals surface area contributed by atoms with Crippen LogP contribution in [0.3, 0.4) is 0 Å². The van der Waals surface area contributed by atoms with Crippen molar-refractivity contribution in [3.63, 3.8) is 0 Å². The van der Waals surface area contributed by atoms with Crippen LogP contribution in [0.1, 0.15) is 33.3 Å². The molecule has 2 N–H and O–H groups in total. The molecule has 0 aliphatic heterocycles. The molecule has 0 spiro atoms. The molecule has 0 saturated carbocycles. The zero-order valence-electron chi connectivity index (χ0n) is 12.4. The minimum absolute atomic E-state index is 0.190. The van der Waals surface area contributed by atoms with Gasteiger partial charge in [-0.15, -0.1) is 0 Å². The van der Waals surface area contributed by atoms with E-state index in [1.54, 1.807) is 4.90 Å². The van der Waals surface area contributed by atoms with E-state index in [0.717, 1.165) is 12.1 Å². The number of rotatable bonds is 4. The van der Waals surface area contributed by atoms with Gasteiger partial charge >= 0.3 is 0 Å². The molecule has 1 amide bonds. The van der Waals surface area contributed by atoms with E-state index in [2.05, 4.69) is 0 Å². The summed E-state index contributed by atoms with van der Waals surface area (Å²) >= 11 is 0. The molecule has 20 heavy (non-hydrogen) atoms. The summed E-state index contributed by atoms with van der Waals surface area (Å²) in [5, 5.41) is 0. The van der Waals surface area contributed by atoms with Crippen LogP contribution in [0.15, 0.2) is 18.2 Å². The summed E-state index contributed by atoms with van der Waals surface area (Å²) in [7, 11) is 0. The van der Waals surface area contributed by atoms with Gasteiger partial charge < -0.3 is 10.6 Å². The number of carbonyl (C=O) groups is 1. The van der Waals surface area contributed by atoms with Crippen LogP contribution in [-0.4, -0.2) is 23.4 Å². The second-order valence-corrected chi connectivity index (χ2v) is 5.94. The fraction of sp³-hybridized carbons (Fsp3) is 0.533. The molecule has 0 fully saturated rings. The van der Waals surface area contributed by atoms with Crippen molar-refractivity contribution < 1.29 is 13.6 Å². The summed E-state index contributed by atoms with van der Waals surface area (Å²) in [6.07, 6.45) is 0. The predicted molar refractivity (Wildman–Crippen MR) is 74.9 cm³/mol. The van der Waals surface area contributed by atoms with Crippen LogP contribution >= 0.6 is 0 Å². The van der Waals surface area contributed by atoms with E-state index < -0.39 is 17.7 Å². The van der Waals surface area contributed by atoms with E-state index >= 15 is 0 Å². The second kappa shape index (κ2) is 6.31. The van der Waals surface area contributed by atoms with Crippen molar-refractivity contribution in [3.8, 4) is 0 Å². The van der Waals surface area contributed by atoms with Crippen molar-refractivity contribution in [2.75, 3.05) is 6.54 Å². The van der Waals surface area contributed by atoms with E-state index in [1.165, 1.54) is 6.07 Å². The Morgan fingerprint density at radius 2 is 1.90 bits per heavy atom. The first kappa shape index (κ1) is 16.6. The summed E-state index contributed by atoms with van der Waals surface area (Å²) in [5.41, 5.74) is 6.15. The highest BCUT2D eigenvalue weighted by Crippen LogP contribution is 2.20. The van der Waals surface area contributed by atoms with E-state index in [1.807, 2.05) is 27.7 Å². The first-order valence-corrected chi connectivity index (χ1v) is 6.65. The van der Waals surface area contributed by atoms with Crippen LogP contribution in [0.2, 0.25) is 0 Å². The quantitative estimate of drug-likeness (QED) is 0.924. The lowest BCUT2D eigenvalue weighted by atomic mass is 9.86. The molecule has 0 aromatic heterocycles. The van der Waals surface area contributed by atoms with Crippen LogP contribution in [-0.2, 0) is 11.3 Å². The number of hydrogen-bond donors (Lipinski definition) is 1. The maximum Gasteiger partial charge on any atom is 0.240 e. The van der Waals surface area contributed by atoms with Gasteiger partial charge in [0, 0.05) is 13.1 Å². The number of nitrogens with two attached hydrogens (primary N) is 1. The Labute approximate surface area is 118 Å². The van der Waals surface area contributed by atoms with Gasteiger partial charge in [-0.05, 0) is 30.0 Å². The third kappa shape index (κ3) is 4.00. The van der Waals surface area contributed by atoms with Crippen molar-refractivity contribution in [3.05, 3.63) is 35.4 Å². The molecule has 0 heterocycles. The lowest BCUT2D eigenvalue weighted by Crippen LogP contribution is -2.50. The summed E-state index contributed by atoms with van der Waals surface area (Å²) in [6.45, 7) is 8.17. The van der Waals surface area contributed by atoms with Gasteiger partial charge in [-0.1, -0.05) is 26.8 Å². The fourth-order valence-corrected chi connectivity index (χ4v) is 1.77. The Morgan fingerprint density at radius 3 is 2.35 bits per heavy atom. The van der Waals surface area contributed by atoms with Crippen LogP contribution in [0.5, 0.6) is 0 Å². The fourth-order valence-electron chi connectivity index (χ4n) is 1.77. The molecule has 0 aliphatic rings. The highest BCUT2D eigenvalue weighted by Gasteiger charge is 2.30. The Hall–Kier alpha value is -1.49. The largest absolute Gasteiger partial charge is 0.337 e. The van der Waals surface area contributed by atoms with Crippen molar-refractivity contribution in [2.45, 2.75) is 40.3 Å². The lowest BCUT2D eigenvalue weighted by molar-refractivity contribution is -0.135.